The Balaban J connectivity index is 1.50. The Morgan fingerprint density at radius 1 is 1.29 bits per heavy atom. The third-order valence-corrected chi connectivity index (χ3v) is 3.69. The lowest BCUT2D eigenvalue weighted by Gasteiger charge is -2.38. The topological polar surface area (TPSA) is 88.3 Å². The van der Waals surface area contributed by atoms with E-state index in [1.165, 1.54) is 11.0 Å². The molecule has 1 saturated heterocycles. The minimum atomic E-state index is -1.08. The van der Waals surface area contributed by atoms with Crippen molar-refractivity contribution >= 4 is 11.8 Å². The Morgan fingerprint density at radius 3 is 2.67 bits per heavy atom. The van der Waals surface area contributed by atoms with E-state index in [9.17, 15) is 18.4 Å². The molecule has 1 N–H and O–H groups in total. The van der Waals surface area contributed by atoms with Gasteiger partial charge in [-0.2, -0.15) is 0 Å². The SMILES string of the molecule is Cc1nnc(CNC(=O)C2CN(C(=O)c3ccc(F)c(F)c3)C2)o1. The van der Waals surface area contributed by atoms with Gasteiger partial charge in [0.1, 0.15) is 0 Å². The highest BCUT2D eigenvalue weighted by Gasteiger charge is 2.36. The van der Waals surface area contributed by atoms with Crippen LogP contribution >= 0.6 is 0 Å². The van der Waals surface area contributed by atoms with Gasteiger partial charge in [0.2, 0.25) is 17.7 Å². The number of aryl methyl sites for hydroxylation is 1. The van der Waals surface area contributed by atoms with Crippen LogP contribution in [0.3, 0.4) is 0 Å². The number of nitrogens with one attached hydrogen (secondary N) is 1. The van der Waals surface area contributed by atoms with Crippen LogP contribution < -0.4 is 5.32 Å². The molecule has 0 spiro atoms. The fraction of sp³-hybridized carbons (Fsp3) is 0.333. The average Bonchev–Trinajstić information content (AvgIpc) is 2.92. The molecule has 2 amide bonds. The van der Waals surface area contributed by atoms with Gasteiger partial charge in [-0.05, 0) is 18.2 Å². The highest BCUT2D eigenvalue weighted by molar-refractivity contribution is 5.96. The van der Waals surface area contributed by atoms with Gasteiger partial charge in [0.15, 0.2) is 11.6 Å². The van der Waals surface area contributed by atoms with Crippen molar-refractivity contribution in [3.8, 4) is 0 Å². The van der Waals surface area contributed by atoms with E-state index in [1.54, 1.807) is 6.92 Å². The van der Waals surface area contributed by atoms with Crippen LogP contribution in [-0.2, 0) is 11.3 Å². The Bertz CT molecular complexity index is 787. The largest absolute Gasteiger partial charge is 0.424 e. The summed E-state index contributed by atoms with van der Waals surface area (Å²) in [6.07, 6.45) is 0. The molecule has 0 atom stereocenters. The summed E-state index contributed by atoms with van der Waals surface area (Å²) < 4.78 is 31.2. The number of amides is 2. The van der Waals surface area contributed by atoms with Crippen molar-refractivity contribution in [1.82, 2.24) is 20.4 Å². The lowest BCUT2D eigenvalue weighted by Crippen LogP contribution is -2.55. The molecule has 2 aromatic rings. The van der Waals surface area contributed by atoms with Crippen LogP contribution in [0.15, 0.2) is 22.6 Å². The monoisotopic (exact) mass is 336 g/mol. The number of halogens is 2. The molecule has 2 heterocycles. The molecule has 3 rings (SSSR count). The second-order valence-corrected chi connectivity index (χ2v) is 5.47. The van der Waals surface area contributed by atoms with E-state index in [1.807, 2.05) is 0 Å². The Labute approximate surface area is 135 Å². The van der Waals surface area contributed by atoms with Crippen LogP contribution in [-0.4, -0.2) is 40.0 Å². The molecule has 9 heteroatoms. The summed E-state index contributed by atoms with van der Waals surface area (Å²) in [5, 5.41) is 10.1. The standard InChI is InChI=1S/C15H14F2N4O3/c1-8-19-20-13(24-8)5-18-14(22)10-6-21(7-10)15(23)9-2-3-11(16)12(17)4-9/h2-4,10H,5-7H2,1H3,(H,18,22). The van der Waals surface area contributed by atoms with Gasteiger partial charge in [-0.1, -0.05) is 0 Å². The van der Waals surface area contributed by atoms with Gasteiger partial charge in [-0.25, -0.2) is 8.78 Å². The lowest BCUT2D eigenvalue weighted by atomic mass is 9.98. The quantitative estimate of drug-likeness (QED) is 0.901. The van der Waals surface area contributed by atoms with E-state index >= 15 is 0 Å². The Morgan fingerprint density at radius 2 is 2.04 bits per heavy atom. The minimum absolute atomic E-state index is 0.0501. The molecule has 0 bridgehead atoms. The van der Waals surface area contributed by atoms with Gasteiger partial charge in [-0.3, -0.25) is 9.59 Å². The van der Waals surface area contributed by atoms with Gasteiger partial charge in [0.25, 0.3) is 5.91 Å². The second kappa shape index (κ2) is 6.34. The zero-order valence-corrected chi connectivity index (χ0v) is 12.8. The number of nitrogens with zero attached hydrogens (tertiary/aromatic N) is 3. The first-order chi connectivity index (χ1) is 11.4. The minimum Gasteiger partial charge on any atom is -0.424 e. The Hall–Kier alpha value is -2.84. The van der Waals surface area contributed by atoms with Gasteiger partial charge in [0, 0.05) is 25.6 Å². The summed E-state index contributed by atoms with van der Waals surface area (Å²) in [6.45, 7) is 2.19. The Kier molecular flexibility index (Phi) is 4.24. The van der Waals surface area contributed by atoms with E-state index in [4.69, 9.17) is 4.42 Å². The highest BCUT2D eigenvalue weighted by atomic mass is 19.2. The van der Waals surface area contributed by atoms with Crippen LogP contribution in [0.25, 0.3) is 0 Å². The number of benzene rings is 1. The zero-order valence-electron chi connectivity index (χ0n) is 12.8. The van der Waals surface area contributed by atoms with Gasteiger partial charge >= 0.3 is 0 Å². The van der Waals surface area contributed by atoms with Crippen molar-refractivity contribution in [3.63, 3.8) is 0 Å². The predicted molar refractivity (Wildman–Crippen MR) is 76.6 cm³/mol. The molecule has 0 radical (unpaired) electrons. The molecule has 1 aromatic carbocycles. The maximum Gasteiger partial charge on any atom is 0.254 e. The summed E-state index contributed by atoms with van der Waals surface area (Å²) in [7, 11) is 0. The molecule has 24 heavy (non-hydrogen) atoms. The van der Waals surface area contributed by atoms with E-state index in [-0.39, 0.29) is 37.0 Å². The molecule has 1 aliphatic heterocycles. The molecular formula is C15H14F2N4O3. The van der Waals surface area contributed by atoms with Gasteiger partial charge in [0.05, 0.1) is 12.5 Å². The van der Waals surface area contributed by atoms with Crippen molar-refractivity contribution in [2.24, 2.45) is 5.92 Å². The molecule has 0 aliphatic carbocycles. The molecule has 1 fully saturated rings. The fourth-order valence-corrected chi connectivity index (χ4v) is 2.34. The number of hydrogen-bond donors (Lipinski definition) is 1. The fourth-order valence-electron chi connectivity index (χ4n) is 2.34. The smallest absolute Gasteiger partial charge is 0.254 e. The number of carbonyl (C=O) groups is 2. The van der Waals surface area contributed by atoms with E-state index in [2.05, 4.69) is 15.5 Å². The first-order valence-corrected chi connectivity index (χ1v) is 7.25. The summed E-state index contributed by atoms with van der Waals surface area (Å²) >= 11 is 0. The molecule has 1 aromatic heterocycles. The zero-order chi connectivity index (χ0) is 17.3. The normalized spacial score (nSPS) is 14.4. The first-order valence-electron chi connectivity index (χ1n) is 7.25. The van der Waals surface area contributed by atoms with Crippen LogP contribution in [0.4, 0.5) is 8.78 Å². The third kappa shape index (κ3) is 3.24. The van der Waals surface area contributed by atoms with Crippen LogP contribution in [0.2, 0.25) is 0 Å². The molecule has 0 unspecified atom stereocenters. The first kappa shape index (κ1) is 16.0. The average molecular weight is 336 g/mol. The van der Waals surface area contributed by atoms with Gasteiger partial charge in [-0.15, -0.1) is 10.2 Å². The van der Waals surface area contributed by atoms with Gasteiger partial charge < -0.3 is 14.6 Å². The second-order valence-electron chi connectivity index (χ2n) is 5.47. The molecular weight excluding hydrogens is 322 g/mol. The number of aromatic nitrogens is 2. The van der Waals surface area contributed by atoms with Crippen LogP contribution in [0.1, 0.15) is 22.1 Å². The molecule has 126 valence electrons. The number of carbonyl (C=O) groups excluding carboxylic acids is 2. The summed E-state index contributed by atoms with van der Waals surface area (Å²) in [5.41, 5.74) is 0.0501. The molecule has 1 aliphatic rings. The van der Waals surface area contributed by atoms with E-state index < -0.39 is 17.5 Å². The van der Waals surface area contributed by atoms with Crippen molar-refractivity contribution in [3.05, 3.63) is 47.2 Å². The van der Waals surface area contributed by atoms with E-state index in [0.717, 1.165) is 12.1 Å². The van der Waals surface area contributed by atoms with Crippen LogP contribution in [0.5, 0.6) is 0 Å². The maximum absolute atomic E-state index is 13.2. The summed E-state index contributed by atoms with van der Waals surface area (Å²) in [6, 6.07) is 2.97. The summed E-state index contributed by atoms with van der Waals surface area (Å²) in [4.78, 5) is 25.5. The van der Waals surface area contributed by atoms with Crippen LogP contribution in [0, 0.1) is 24.5 Å². The van der Waals surface area contributed by atoms with Crippen molar-refractivity contribution < 1.29 is 22.8 Å². The number of rotatable bonds is 4. The summed E-state index contributed by atoms with van der Waals surface area (Å²) in [5.74, 6) is -2.41. The van der Waals surface area contributed by atoms with Crippen molar-refractivity contribution in [2.45, 2.75) is 13.5 Å². The molecule has 7 nitrogen and oxygen atoms in total. The number of hydrogen-bond acceptors (Lipinski definition) is 5. The lowest BCUT2D eigenvalue weighted by molar-refractivity contribution is -0.129. The third-order valence-electron chi connectivity index (χ3n) is 3.69. The van der Waals surface area contributed by atoms with Crippen molar-refractivity contribution in [2.75, 3.05) is 13.1 Å². The predicted octanol–water partition coefficient (Wildman–Crippen LogP) is 1.04. The molecule has 0 saturated carbocycles. The van der Waals surface area contributed by atoms with Crippen molar-refractivity contribution in [1.29, 1.82) is 0 Å². The number of likely N-dealkylation sites (tertiary alicyclic amines) is 1. The highest BCUT2D eigenvalue weighted by Crippen LogP contribution is 2.20. The maximum atomic E-state index is 13.2. The van der Waals surface area contributed by atoms with E-state index in [0.29, 0.717) is 11.8 Å².